The lowest BCUT2D eigenvalue weighted by molar-refractivity contribution is 0.435. The van der Waals surface area contributed by atoms with Gasteiger partial charge in [-0.25, -0.2) is 4.98 Å². The van der Waals surface area contributed by atoms with E-state index in [1.54, 1.807) is 0 Å². The number of imidazole rings is 1. The maximum atomic E-state index is 4.53. The van der Waals surface area contributed by atoms with Crippen molar-refractivity contribution in [2.45, 2.75) is 25.3 Å². The van der Waals surface area contributed by atoms with Crippen molar-refractivity contribution < 1.29 is 0 Å². The zero-order chi connectivity index (χ0) is 12.2. The molecule has 0 amide bonds. The van der Waals surface area contributed by atoms with Crippen LogP contribution in [0.5, 0.6) is 0 Å². The molecule has 4 nitrogen and oxygen atoms in total. The number of hydrogen-bond acceptors (Lipinski definition) is 3. The highest BCUT2D eigenvalue weighted by atomic mass is 15.1. The van der Waals surface area contributed by atoms with Gasteiger partial charge < -0.3 is 9.88 Å². The molecule has 1 saturated heterocycles. The molecule has 0 spiro atoms. The molecule has 1 aliphatic rings. The number of pyridine rings is 1. The largest absolute Gasteiger partial charge is 0.329 e. The minimum absolute atomic E-state index is 0.539. The van der Waals surface area contributed by atoms with E-state index in [2.05, 4.69) is 32.1 Å². The fourth-order valence-corrected chi connectivity index (χ4v) is 2.55. The highest BCUT2D eigenvalue weighted by molar-refractivity contribution is 5.09. The highest BCUT2D eigenvalue weighted by Crippen LogP contribution is 2.22. The molecule has 4 heteroatoms. The second-order valence-corrected chi connectivity index (χ2v) is 4.78. The van der Waals surface area contributed by atoms with Crippen LogP contribution in [0.25, 0.3) is 0 Å². The van der Waals surface area contributed by atoms with Crippen LogP contribution < -0.4 is 5.32 Å². The molecule has 2 aromatic rings. The Morgan fingerprint density at radius 2 is 2.28 bits per heavy atom. The van der Waals surface area contributed by atoms with Crippen LogP contribution in [0.15, 0.2) is 36.8 Å². The molecule has 0 saturated carbocycles. The number of piperidine rings is 1. The molecule has 94 valence electrons. The summed E-state index contributed by atoms with van der Waals surface area (Å²) >= 11 is 0. The van der Waals surface area contributed by atoms with Gasteiger partial charge in [0.25, 0.3) is 0 Å². The van der Waals surface area contributed by atoms with Crippen molar-refractivity contribution in [3.8, 4) is 0 Å². The molecule has 1 fully saturated rings. The van der Waals surface area contributed by atoms with E-state index in [4.69, 9.17) is 0 Å². The lowest BCUT2D eigenvalue weighted by Gasteiger charge is -2.23. The van der Waals surface area contributed by atoms with Crippen LogP contribution in [0.2, 0.25) is 0 Å². The van der Waals surface area contributed by atoms with Crippen LogP contribution in [-0.2, 0) is 6.54 Å². The first-order chi connectivity index (χ1) is 8.93. The van der Waals surface area contributed by atoms with Crippen molar-refractivity contribution in [2.75, 3.05) is 13.1 Å². The molecule has 1 aliphatic heterocycles. The molecule has 3 rings (SSSR count). The summed E-state index contributed by atoms with van der Waals surface area (Å²) in [6, 6.07) is 6.04. The fourth-order valence-electron chi connectivity index (χ4n) is 2.55. The third kappa shape index (κ3) is 2.43. The van der Waals surface area contributed by atoms with Crippen LogP contribution in [0.1, 0.15) is 30.3 Å². The molecular weight excluding hydrogens is 224 g/mol. The van der Waals surface area contributed by atoms with Crippen molar-refractivity contribution in [1.82, 2.24) is 19.9 Å². The maximum absolute atomic E-state index is 4.53. The van der Waals surface area contributed by atoms with Crippen LogP contribution >= 0.6 is 0 Å². The average Bonchev–Trinajstić information content (AvgIpc) is 2.89. The third-order valence-electron chi connectivity index (χ3n) is 3.47. The molecule has 0 aromatic carbocycles. The van der Waals surface area contributed by atoms with Gasteiger partial charge in [0.05, 0.1) is 12.2 Å². The molecule has 1 atom stereocenters. The summed E-state index contributed by atoms with van der Waals surface area (Å²) in [5, 5.41) is 3.45. The molecule has 2 aromatic heterocycles. The molecule has 0 bridgehead atoms. The van der Waals surface area contributed by atoms with Gasteiger partial charge >= 0.3 is 0 Å². The van der Waals surface area contributed by atoms with Crippen molar-refractivity contribution >= 4 is 0 Å². The predicted molar refractivity (Wildman–Crippen MR) is 70.4 cm³/mol. The Kier molecular flexibility index (Phi) is 3.37. The van der Waals surface area contributed by atoms with Crippen molar-refractivity contribution in [1.29, 1.82) is 0 Å². The first-order valence-corrected chi connectivity index (χ1v) is 6.55. The summed E-state index contributed by atoms with van der Waals surface area (Å²) in [5.74, 6) is 1.73. The molecule has 1 N–H and O–H groups in total. The standard InChI is InChI=1S/C14H18N4/c1-2-7-16-13(5-1)11-18-9-8-17-14(18)12-4-3-6-15-10-12/h1-2,5,7-9,12,15H,3-4,6,10-11H2/t12-/m0/s1. The predicted octanol–water partition coefficient (Wildman–Crippen LogP) is 1.79. The molecule has 0 unspecified atom stereocenters. The first kappa shape index (κ1) is 11.4. The Hall–Kier alpha value is -1.68. The highest BCUT2D eigenvalue weighted by Gasteiger charge is 2.19. The van der Waals surface area contributed by atoms with E-state index in [1.807, 2.05) is 24.5 Å². The van der Waals surface area contributed by atoms with E-state index in [1.165, 1.54) is 18.7 Å². The number of hydrogen-bond donors (Lipinski definition) is 1. The van der Waals surface area contributed by atoms with Gasteiger partial charge in [0, 0.05) is 31.1 Å². The normalized spacial score (nSPS) is 19.9. The van der Waals surface area contributed by atoms with E-state index >= 15 is 0 Å². The van der Waals surface area contributed by atoms with Crippen LogP contribution in [0.4, 0.5) is 0 Å². The summed E-state index contributed by atoms with van der Waals surface area (Å²) < 4.78 is 2.22. The minimum Gasteiger partial charge on any atom is -0.329 e. The topological polar surface area (TPSA) is 42.7 Å². The van der Waals surface area contributed by atoms with Crippen molar-refractivity contribution in [3.05, 3.63) is 48.3 Å². The van der Waals surface area contributed by atoms with Gasteiger partial charge in [-0.2, -0.15) is 0 Å². The maximum Gasteiger partial charge on any atom is 0.113 e. The zero-order valence-corrected chi connectivity index (χ0v) is 10.4. The first-order valence-electron chi connectivity index (χ1n) is 6.55. The third-order valence-corrected chi connectivity index (χ3v) is 3.47. The van der Waals surface area contributed by atoms with E-state index in [0.29, 0.717) is 5.92 Å². The molecule has 18 heavy (non-hydrogen) atoms. The summed E-state index contributed by atoms with van der Waals surface area (Å²) in [4.78, 5) is 8.91. The number of nitrogens with one attached hydrogen (secondary N) is 1. The van der Waals surface area contributed by atoms with Gasteiger partial charge in [0.15, 0.2) is 0 Å². The minimum atomic E-state index is 0.539. The Morgan fingerprint density at radius 1 is 1.28 bits per heavy atom. The van der Waals surface area contributed by atoms with Crippen molar-refractivity contribution in [2.24, 2.45) is 0 Å². The monoisotopic (exact) mass is 242 g/mol. The van der Waals surface area contributed by atoms with Crippen LogP contribution in [0, 0.1) is 0 Å². The van der Waals surface area contributed by atoms with Crippen LogP contribution in [-0.4, -0.2) is 27.6 Å². The fraction of sp³-hybridized carbons (Fsp3) is 0.429. The van der Waals surface area contributed by atoms with E-state index in [0.717, 1.165) is 25.3 Å². The molecule has 0 aliphatic carbocycles. The lowest BCUT2D eigenvalue weighted by atomic mass is 9.99. The quantitative estimate of drug-likeness (QED) is 0.892. The van der Waals surface area contributed by atoms with Gasteiger partial charge in [-0.3, -0.25) is 4.98 Å². The van der Waals surface area contributed by atoms with Gasteiger partial charge in [-0.1, -0.05) is 6.07 Å². The number of rotatable bonds is 3. The van der Waals surface area contributed by atoms with Crippen molar-refractivity contribution in [3.63, 3.8) is 0 Å². The smallest absolute Gasteiger partial charge is 0.113 e. The Labute approximate surface area is 107 Å². The Morgan fingerprint density at radius 3 is 3.06 bits per heavy atom. The lowest BCUT2D eigenvalue weighted by Crippen LogP contribution is -2.30. The Bertz CT molecular complexity index is 486. The van der Waals surface area contributed by atoms with Gasteiger partial charge in [0.2, 0.25) is 0 Å². The average molecular weight is 242 g/mol. The SMILES string of the molecule is c1ccc(Cn2ccnc2[C@H]2CCCNC2)nc1. The van der Waals surface area contributed by atoms with E-state index in [-0.39, 0.29) is 0 Å². The van der Waals surface area contributed by atoms with Gasteiger partial charge in [-0.15, -0.1) is 0 Å². The molecule has 3 heterocycles. The summed E-state index contributed by atoms with van der Waals surface area (Å²) in [6.45, 7) is 2.99. The van der Waals surface area contributed by atoms with Gasteiger partial charge in [-0.05, 0) is 31.5 Å². The summed E-state index contributed by atoms with van der Waals surface area (Å²) in [5.41, 5.74) is 1.08. The van der Waals surface area contributed by atoms with Gasteiger partial charge in [0.1, 0.15) is 5.82 Å². The van der Waals surface area contributed by atoms with E-state index in [9.17, 15) is 0 Å². The number of aromatic nitrogens is 3. The Balaban J connectivity index is 1.78. The summed E-state index contributed by atoms with van der Waals surface area (Å²) in [6.07, 6.45) is 8.26. The number of nitrogens with zero attached hydrogens (tertiary/aromatic N) is 3. The molecule has 0 radical (unpaired) electrons. The second-order valence-electron chi connectivity index (χ2n) is 4.78. The van der Waals surface area contributed by atoms with Crippen LogP contribution in [0.3, 0.4) is 0 Å². The molecular formula is C14H18N4. The second kappa shape index (κ2) is 5.31. The zero-order valence-electron chi connectivity index (χ0n) is 10.4. The summed E-state index contributed by atoms with van der Waals surface area (Å²) in [7, 11) is 0. The van der Waals surface area contributed by atoms with E-state index < -0.39 is 0 Å².